The smallest absolute Gasteiger partial charge is 0.368 e. The summed E-state index contributed by atoms with van der Waals surface area (Å²) in [6.07, 6.45) is -3.67. The minimum atomic E-state index is -4.56. The number of nitrogens with zero attached hydrogens (tertiary/aromatic N) is 2. The van der Waals surface area contributed by atoms with Crippen molar-refractivity contribution >= 4 is 34.8 Å². The molecule has 6 nitrogen and oxygen atoms in total. The fourth-order valence-corrected chi connectivity index (χ4v) is 2.56. The van der Waals surface area contributed by atoms with Gasteiger partial charge < -0.3 is 10.1 Å². The summed E-state index contributed by atoms with van der Waals surface area (Å²) in [5.41, 5.74) is -1.03. The Morgan fingerprint density at radius 3 is 2.48 bits per heavy atom. The van der Waals surface area contributed by atoms with Crippen LogP contribution in [0.4, 0.5) is 18.3 Å². The molecule has 0 radical (unpaired) electrons. The largest absolute Gasteiger partial charge is 0.445 e. The molecule has 2 N–H and O–H groups in total. The molecule has 11 heteroatoms. The van der Waals surface area contributed by atoms with Gasteiger partial charge >= 0.3 is 6.18 Å². The summed E-state index contributed by atoms with van der Waals surface area (Å²) in [5, 5.41) is 10.5. The number of carbonyl (C=O) groups is 1. The van der Waals surface area contributed by atoms with Gasteiger partial charge in [0.05, 0.1) is 0 Å². The number of alkyl halides is 3. The number of ether oxygens (including phenoxy) is 1. The van der Waals surface area contributed by atoms with Crippen LogP contribution in [0.25, 0.3) is 0 Å². The summed E-state index contributed by atoms with van der Waals surface area (Å²) in [4.78, 5) is 12.2. The molecule has 0 aromatic carbocycles. The summed E-state index contributed by atoms with van der Waals surface area (Å²) in [5.74, 6) is -0.494. The predicted molar refractivity (Wildman–Crippen MR) is 72.6 cm³/mol. The maximum atomic E-state index is 12.4. The van der Waals surface area contributed by atoms with E-state index in [-0.39, 0.29) is 17.5 Å². The number of nitrogens with one attached hydrogen (secondary N) is 2. The maximum Gasteiger partial charge on any atom is 0.445 e. The summed E-state index contributed by atoms with van der Waals surface area (Å²) < 4.78 is 42.5. The monoisotopic (exact) mass is 346 g/mol. The first kappa shape index (κ1) is 18.1. The molecule has 0 bridgehead atoms. The van der Waals surface area contributed by atoms with Crippen LogP contribution in [0.2, 0.25) is 0 Å². The van der Waals surface area contributed by atoms with Crippen molar-refractivity contribution in [2.75, 3.05) is 25.5 Å². The molecule has 0 aliphatic carbocycles. The lowest BCUT2D eigenvalue weighted by atomic mass is 9.91. The number of rotatable bonds is 3. The number of aromatic nitrogens is 2. The molecule has 0 atom stereocenters. The molecule has 1 aromatic heterocycles. The van der Waals surface area contributed by atoms with Crippen LogP contribution in [-0.2, 0) is 15.7 Å². The van der Waals surface area contributed by atoms with Crippen LogP contribution in [0.15, 0.2) is 0 Å². The highest BCUT2D eigenvalue weighted by atomic mass is 35.5. The van der Waals surface area contributed by atoms with Crippen molar-refractivity contribution < 1.29 is 22.7 Å². The second kappa shape index (κ2) is 6.86. The number of hydrogen-bond donors (Lipinski definition) is 2. The van der Waals surface area contributed by atoms with E-state index < -0.39 is 22.7 Å². The SMILES string of the molecule is COC1(C(=O)Nc2nnc(C(F)(F)F)s2)CCNCC1.Cl. The van der Waals surface area contributed by atoms with E-state index in [0.717, 1.165) is 0 Å². The van der Waals surface area contributed by atoms with Gasteiger partial charge in [0.1, 0.15) is 5.60 Å². The van der Waals surface area contributed by atoms with Crippen molar-refractivity contribution in [2.45, 2.75) is 24.6 Å². The fraction of sp³-hybridized carbons (Fsp3) is 0.700. The molecule has 1 aromatic rings. The quantitative estimate of drug-likeness (QED) is 0.871. The lowest BCUT2D eigenvalue weighted by molar-refractivity contribution is -0.140. The van der Waals surface area contributed by atoms with E-state index in [1.54, 1.807) is 0 Å². The number of halogens is 4. The van der Waals surface area contributed by atoms with Gasteiger partial charge in [-0.2, -0.15) is 13.2 Å². The second-order valence-corrected chi connectivity index (χ2v) is 5.29. The van der Waals surface area contributed by atoms with E-state index in [0.29, 0.717) is 37.3 Å². The Morgan fingerprint density at radius 2 is 2.00 bits per heavy atom. The third kappa shape index (κ3) is 4.02. The van der Waals surface area contributed by atoms with Crippen molar-refractivity contribution in [3.05, 3.63) is 5.01 Å². The van der Waals surface area contributed by atoms with E-state index in [1.165, 1.54) is 7.11 Å². The molecule has 1 aliphatic heterocycles. The molecular weight excluding hydrogens is 333 g/mol. The van der Waals surface area contributed by atoms with Gasteiger partial charge in [0.2, 0.25) is 10.1 Å². The first-order valence-electron chi connectivity index (χ1n) is 5.85. The third-order valence-corrected chi connectivity index (χ3v) is 3.99. The molecule has 1 fully saturated rings. The van der Waals surface area contributed by atoms with Crippen molar-refractivity contribution in [2.24, 2.45) is 0 Å². The van der Waals surface area contributed by atoms with Gasteiger partial charge in [-0.05, 0) is 25.9 Å². The first-order chi connectivity index (χ1) is 9.37. The van der Waals surface area contributed by atoms with Crippen molar-refractivity contribution in [3.63, 3.8) is 0 Å². The van der Waals surface area contributed by atoms with E-state index in [9.17, 15) is 18.0 Å². The highest BCUT2D eigenvalue weighted by Crippen LogP contribution is 2.33. The predicted octanol–water partition coefficient (Wildman–Crippen LogP) is 1.69. The average molecular weight is 347 g/mol. The van der Waals surface area contributed by atoms with Gasteiger partial charge in [-0.1, -0.05) is 11.3 Å². The minimum Gasteiger partial charge on any atom is -0.368 e. The third-order valence-electron chi connectivity index (χ3n) is 3.10. The molecule has 1 saturated heterocycles. The molecule has 1 amide bonds. The van der Waals surface area contributed by atoms with Gasteiger partial charge in [0, 0.05) is 7.11 Å². The van der Waals surface area contributed by atoms with Crippen LogP contribution in [0.3, 0.4) is 0 Å². The standard InChI is InChI=1S/C10H13F3N4O2S.ClH/c1-19-9(2-4-14-5-3-9)6(18)15-8-17-16-7(20-8)10(11,12)13;/h14H,2-5H2,1H3,(H,15,17,18);1H. The minimum absolute atomic E-state index is 0. The highest BCUT2D eigenvalue weighted by molar-refractivity contribution is 7.15. The molecular formula is C10H14ClF3N4O2S. The Labute approximate surface area is 128 Å². The Hall–Kier alpha value is -0.970. The zero-order valence-electron chi connectivity index (χ0n) is 11.0. The molecule has 0 unspecified atom stereocenters. The van der Waals surface area contributed by atoms with Crippen LogP contribution < -0.4 is 10.6 Å². The molecule has 1 aliphatic rings. The Morgan fingerprint density at radius 1 is 1.38 bits per heavy atom. The maximum absolute atomic E-state index is 12.4. The van der Waals surface area contributed by atoms with Crippen molar-refractivity contribution in [3.8, 4) is 0 Å². The van der Waals surface area contributed by atoms with Gasteiger partial charge in [-0.15, -0.1) is 22.6 Å². The Balaban J connectivity index is 0.00000220. The summed E-state index contributed by atoms with van der Waals surface area (Å²) in [6.45, 7) is 1.20. The Kier molecular flexibility index (Phi) is 5.91. The molecule has 2 rings (SSSR count). The van der Waals surface area contributed by atoms with Gasteiger partial charge in [0.15, 0.2) is 0 Å². The molecule has 0 spiro atoms. The summed E-state index contributed by atoms with van der Waals surface area (Å²) in [6, 6.07) is 0. The zero-order chi connectivity index (χ0) is 14.8. The molecule has 21 heavy (non-hydrogen) atoms. The number of carbonyl (C=O) groups excluding carboxylic acids is 1. The zero-order valence-corrected chi connectivity index (χ0v) is 12.6. The number of amides is 1. The van der Waals surface area contributed by atoms with E-state index >= 15 is 0 Å². The molecule has 2 heterocycles. The number of piperidine rings is 1. The van der Waals surface area contributed by atoms with Crippen LogP contribution in [0, 0.1) is 0 Å². The average Bonchev–Trinajstić information content (AvgIpc) is 2.88. The van der Waals surface area contributed by atoms with Crippen LogP contribution in [0.5, 0.6) is 0 Å². The van der Waals surface area contributed by atoms with Crippen LogP contribution in [0.1, 0.15) is 17.8 Å². The van der Waals surface area contributed by atoms with Gasteiger partial charge in [-0.3, -0.25) is 10.1 Å². The summed E-state index contributed by atoms with van der Waals surface area (Å²) in [7, 11) is 1.41. The van der Waals surface area contributed by atoms with E-state index in [1.807, 2.05) is 0 Å². The topological polar surface area (TPSA) is 76.1 Å². The number of hydrogen-bond acceptors (Lipinski definition) is 6. The van der Waals surface area contributed by atoms with Crippen LogP contribution in [-0.4, -0.2) is 41.9 Å². The van der Waals surface area contributed by atoms with Crippen molar-refractivity contribution in [1.82, 2.24) is 15.5 Å². The van der Waals surface area contributed by atoms with Gasteiger partial charge in [-0.25, -0.2) is 0 Å². The van der Waals surface area contributed by atoms with E-state index in [4.69, 9.17) is 4.74 Å². The van der Waals surface area contributed by atoms with Crippen LogP contribution >= 0.6 is 23.7 Å². The lowest BCUT2D eigenvalue weighted by Crippen LogP contribution is -2.51. The second-order valence-electron chi connectivity index (χ2n) is 4.31. The molecule has 0 saturated carbocycles. The normalized spacial score (nSPS) is 17.9. The fourth-order valence-electron chi connectivity index (χ4n) is 1.95. The lowest BCUT2D eigenvalue weighted by Gasteiger charge is -2.34. The van der Waals surface area contributed by atoms with Crippen molar-refractivity contribution in [1.29, 1.82) is 0 Å². The number of methoxy groups -OCH3 is 1. The van der Waals surface area contributed by atoms with E-state index in [2.05, 4.69) is 20.8 Å². The number of anilines is 1. The highest BCUT2D eigenvalue weighted by Gasteiger charge is 2.41. The molecule has 120 valence electrons. The first-order valence-corrected chi connectivity index (χ1v) is 6.67. The van der Waals surface area contributed by atoms with Gasteiger partial charge in [0.25, 0.3) is 5.91 Å². The Bertz CT molecular complexity index is 491. The summed E-state index contributed by atoms with van der Waals surface area (Å²) >= 11 is 0.291.